The van der Waals surface area contributed by atoms with Crippen molar-refractivity contribution >= 4 is 17.6 Å². The molecule has 1 aromatic rings. The maximum atomic E-state index is 11.8. The lowest BCUT2D eigenvalue weighted by atomic mass is 10.1. The monoisotopic (exact) mass is 250 g/mol. The number of hydrogen-bond acceptors (Lipinski definition) is 3. The van der Waals surface area contributed by atoms with Crippen molar-refractivity contribution in [3.05, 3.63) is 29.8 Å². The maximum absolute atomic E-state index is 11.8. The van der Waals surface area contributed by atoms with E-state index >= 15 is 0 Å². The third-order valence-electron chi connectivity index (χ3n) is 2.69. The van der Waals surface area contributed by atoms with E-state index in [0.29, 0.717) is 18.5 Å². The molecule has 0 heterocycles. The SMILES string of the molecule is CC(N)CCC(=O)N(C)c1ccc(C(=O)O)cc1. The van der Waals surface area contributed by atoms with Gasteiger partial charge in [0.15, 0.2) is 0 Å². The van der Waals surface area contributed by atoms with Crippen LogP contribution < -0.4 is 10.6 Å². The van der Waals surface area contributed by atoms with Crippen LogP contribution in [0.2, 0.25) is 0 Å². The summed E-state index contributed by atoms with van der Waals surface area (Å²) in [6.45, 7) is 1.86. The molecule has 1 atom stereocenters. The first kappa shape index (κ1) is 14.2. The van der Waals surface area contributed by atoms with Gasteiger partial charge in [-0.05, 0) is 37.6 Å². The molecule has 0 fully saturated rings. The highest BCUT2D eigenvalue weighted by Gasteiger charge is 2.12. The zero-order chi connectivity index (χ0) is 13.7. The summed E-state index contributed by atoms with van der Waals surface area (Å²) in [5, 5.41) is 8.77. The molecular formula is C13H18N2O3. The number of amides is 1. The number of carbonyl (C=O) groups excluding carboxylic acids is 1. The molecule has 0 aliphatic rings. The van der Waals surface area contributed by atoms with Crippen LogP contribution >= 0.6 is 0 Å². The van der Waals surface area contributed by atoms with Crippen LogP contribution in [0.3, 0.4) is 0 Å². The van der Waals surface area contributed by atoms with Crippen LogP contribution in [0.25, 0.3) is 0 Å². The standard InChI is InChI=1S/C13H18N2O3/c1-9(14)3-8-12(16)15(2)11-6-4-10(5-7-11)13(17)18/h4-7,9H,3,8,14H2,1-2H3,(H,17,18). The van der Waals surface area contributed by atoms with E-state index in [9.17, 15) is 9.59 Å². The van der Waals surface area contributed by atoms with E-state index in [1.807, 2.05) is 6.92 Å². The Morgan fingerprint density at radius 3 is 2.33 bits per heavy atom. The Bertz CT molecular complexity index is 426. The van der Waals surface area contributed by atoms with Crippen LogP contribution in [0.5, 0.6) is 0 Å². The molecule has 0 saturated carbocycles. The summed E-state index contributed by atoms with van der Waals surface area (Å²) < 4.78 is 0. The lowest BCUT2D eigenvalue weighted by molar-refractivity contribution is -0.118. The molecule has 98 valence electrons. The molecule has 5 heteroatoms. The molecule has 0 aliphatic heterocycles. The normalized spacial score (nSPS) is 11.9. The van der Waals surface area contributed by atoms with Crippen molar-refractivity contribution in [2.24, 2.45) is 5.73 Å². The fraction of sp³-hybridized carbons (Fsp3) is 0.385. The van der Waals surface area contributed by atoms with Gasteiger partial charge in [-0.25, -0.2) is 4.79 Å². The van der Waals surface area contributed by atoms with Crippen molar-refractivity contribution in [2.45, 2.75) is 25.8 Å². The van der Waals surface area contributed by atoms with E-state index < -0.39 is 5.97 Å². The van der Waals surface area contributed by atoms with E-state index in [1.165, 1.54) is 17.0 Å². The number of carboxylic acids is 1. The Morgan fingerprint density at radius 1 is 1.33 bits per heavy atom. The van der Waals surface area contributed by atoms with Gasteiger partial charge in [-0.1, -0.05) is 0 Å². The first-order valence-electron chi connectivity index (χ1n) is 5.77. The van der Waals surface area contributed by atoms with Gasteiger partial charge in [0.05, 0.1) is 5.56 Å². The van der Waals surface area contributed by atoms with E-state index in [1.54, 1.807) is 19.2 Å². The molecule has 0 spiro atoms. The number of carbonyl (C=O) groups is 2. The minimum Gasteiger partial charge on any atom is -0.478 e. The lowest BCUT2D eigenvalue weighted by Crippen LogP contribution is -2.28. The van der Waals surface area contributed by atoms with Crippen LogP contribution in [0.1, 0.15) is 30.1 Å². The van der Waals surface area contributed by atoms with Gasteiger partial charge in [-0.2, -0.15) is 0 Å². The molecule has 1 rings (SSSR count). The summed E-state index contributed by atoms with van der Waals surface area (Å²) in [7, 11) is 1.67. The van der Waals surface area contributed by atoms with Crippen LogP contribution in [0.15, 0.2) is 24.3 Å². The molecule has 0 saturated heterocycles. The predicted octanol–water partition coefficient (Wildman–Crippen LogP) is 1.47. The highest BCUT2D eigenvalue weighted by Crippen LogP contribution is 2.15. The quantitative estimate of drug-likeness (QED) is 0.829. The van der Waals surface area contributed by atoms with Crippen LogP contribution in [-0.4, -0.2) is 30.1 Å². The van der Waals surface area contributed by atoms with Crippen molar-refractivity contribution in [3.63, 3.8) is 0 Å². The Morgan fingerprint density at radius 2 is 1.89 bits per heavy atom. The van der Waals surface area contributed by atoms with Crippen molar-refractivity contribution in [1.29, 1.82) is 0 Å². The number of rotatable bonds is 5. The second kappa shape index (κ2) is 6.16. The van der Waals surface area contributed by atoms with E-state index in [2.05, 4.69) is 0 Å². The molecule has 0 bridgehead atoms. The smallest absolute Gasteiger partial charge is 0.335 e. The molecule has 3 N–H and O–H groups in total. The number of nitrogens with two attached hydrogens (primary N) is 1. The summed E-state index contributed by atoms with van der Waals surface area (Å²) in [5.74, 6) is -1.01. The Hall–Kier alpha value is -1.88. The van der Waals surface area contributed by atoms with Gasteiger partial charge in [0.2, 0.25) is 5.91 Å². The average molecular weight is 250 g/mol. The van der Waals surface area contributed by atoms with Gasteiger partial charge >= 0.3 is 5.97 Å². The zero-order valence-electron chi connectivity index (χ0n) is 10.6. The van der Waals surface area contributed by atoms with Gasteiger partial charge in [-0.15, -0.1) is 0 Å². The molecule has 18 heavy (non-hydrogen) atoms. The third kappa shape index (κ3) is 3.85. The highest BCUT2D eigenvalue weighted by molar-refractivity contribution is 5.94. The number of hydrogen-bond donors (Lipinski definition) is 2. The molecular weight excluding hydrogens is 232 g/mol. The zero-order valence-corrected chi connectivity index (χ0v) is 10.6. The number of nitrogens with zero attached hydrogens (tertiary/aromatic N) is 1. The molecule has 0 aliphatic carbocycles. The Labute approximate surface area is 106 Å². The van der Waals surface area contributed by atoms with Gasteiger partial charge in [-0.3, -0.25) is 4.79 Å². The largest absolute Gasteiger partial charge is 0.478 e. The predicted molar refractivity (Wildman–Crippen MR) is 69.7 cm³/mol. The fourth-order valence-electron chi connectivity index (χ4n) is 1.49. The number of carboxylic acid groups (broad SMARTS) is 1. The van der Waals surface area contributed by atoms with E-state index in [0.717, 1.165) is 0 Å². The molecule has 1 aromatic carbocycles. The first-order chi connectivity index (χ1) is 8.41. The fourth-order valence-corrected chi connectivity index (χ4v) is 1.49. The minimum absolute atomic E-state index is 0.00302. The number of anilines is 1. The van der Waals surface area contributed by atoms with E-state index in [-0.39, 0.29) is 17.5 Å². The second-order valence-electron chi connectivity index (χ2n) is 4.32. The van der Waals surface area contributed by atoms with Crippen LogP contribution in [0, 0.1) is 0 Å². The lowest BCUT2D eigenvalue weighted by Gasteiger charge is -2.18. The molecule has 1 unspecified atom stereocenters. The van der Waals surface area contributed by atoms with Crippen molar-refractivity contribution < 1.29 is 14.7 Å². The molecule has 0 aromatic heterocycles. The van der Waals surface area contributed by atoms with Gasteiger partial charge < -0.3 is 15.7 Å². The minimum atomic E-state index is -0.979. The van der Waals surface area contributed by atoms with Gasteiger partial charge in [0, 0.05) is 25.2 Å². The second-order valence-corrected chi connectivity index (χ2v) is 4.32. The van der Waals surface area contributed by atoms with E-state index in [4.69, 9.17) is 10.8 Å². The summed E-state index contributed by atoms with van der Waals surface area (Å²) in [5.41, 5.74) is 6.48. The van der Waals surface area contributed by atoms with Crippen LogP contribution in [0.4, 0.5) is 5.69 Å². The maximum Gasteiger partial charge on any atom is 0.335 e. The number of aromatic carboxylic acids is 1. The summed E-state index contributed by atoms with van der Waals surface area (Å²) in [6, 6.07) is 6.19. The Balaban J connectivity index is 2.68. The molecule has 1 amide bonds. The summed E-state index contributed by atoms with van der Waals surface area (Å²) in [4.78, 5) is 24.0. The number of benzene rings is 1. The topological polar surface area (TPSA) is 83.6 Å². The van der Waals surface area contributed by atoms with Crippen molar-refractivity contribution in [1.82, 2.24) is 0 Å². The van der Waals surface area contributed by atoms with Gasteiger partial charge in [0.1, 0.15) is 0 Å². The summed E-state index contributed by atoms with van der Waals surface area (Å²) in [6.07, 6.45) is 1.02. The third-order valence-corrected chi connectivity index (χ3v) is 2.69. The van der Waals surface area contributed by atoms with Crippen molar-refractivity contribution in [3.8, 4) is 0 Å². The molecule has 0 radical (unpaired) electrons. The Kier molecular flexibility index (Phi) is 4.85. The van der Waals surface area contributed by atoms with Crippen molar-refractivity contribution in [2.75, 3.05) is 11.9 Å². The summed E-state index contributed by atoms with van der Waals surface area (Å²) >= 11 is 0. The van der Waals surface area contributed by atoms with Crippen LogP contribution in [-0.2, 0) is 4.79 Å². The first-order valence-corrected chi connectivity index (χ1v) is 5.77. The average Bonchev–Trinajstić information content (AvgIpc) is 2.35. The molecule has 5 nitrogen and oxygen atoms in total. The van der Waals surface area contributed by atoms with Gasteiger partial charge in [0.25, 0.3) is 0 Å². The highest BCUT2D eigenvalue weighted by atomic mass is 16.4.